The van der Waals surface area contributed by atoms with Crippen molar-refractivity contribution in [1.82, 2.24) is 9.88 Å². The molecule has 8 nitrogen and oxygen atoms in total. The summed E-state index contributed by atoms with van der Waals surface area (Å²) in [5.41, 5.74) is 2.15. The first-order valence-electron chi connectivity index (χ1n) is 13.7. The fourth-order valence-electron chi connectivity index (χ4n) is 4.85. The lowest BCUT2D eigenvalue weighted by atomic mass is 10.0. The van der Waals surface area contributed by atoms with Gasteiger partial charge < -0.3 is 20.3 Å². The summed E-state index contributed by atoms with van der Waals surface area (Å²) in [7, 11) is 0. The molecule has 0 fully saturated rings. The summed E-state index contributed by atoms with van der Waals surface area (Å²) in [6.45, 7) is 3.55. The molecule has 0 aliphatic carbocycles. The van der Waals surface area contributed by atoms with Gasteiger partial charge in [0.05, 0.1) is 21.1 Å². The van der Waals surface area contributed by atoms with Crippen LogP contribution in [0.1, 0.15) is 38.8 Å². The van der Waals surface area contributed by atoms with E-state index in [9.17, 15) is 28.7 Å². The standard InChI is InChI=1S/C34H26BrClFN3O5/c1-18-8-9-20(14-25(18)36)16-40-17-24(34(44)45)31(41)29-28(40)13-12-27(30(29)35)39-32(42)19(2)38-33(43)22-10-11-23(26(37)15-22)21-6-4-3-5-7-21/h3-15,17,19H,16H2,1-2H3,(H,38,43)(H,39,42)(H,44,45)/t19-/m0/s1. The molecule has 3 N–H and O–H groups in total. The van der Waals surface area contributed by atoms with E-state index in [1.807, 2.05) is 25.1 Å². The second-order valence-corrected chi connectivity index (χ2v) is 11.7. The molecule has 11 heteroatoms. The largest absolute Gasteiger partial charge is 0.477 e. The first kappa shape index (κ1) is 31.6. The number of aryl methyl sites for hydroxylation is 1. The Hall–Kier alpha value is -4.80. The van der Waals surface area contributed by atoms with Gasteiger partial charge in [0, 0.05) is 28.9 Å². The average Bonchev–Trinajstić information content (AvgIpc) is 3.01. The number of nitrogens with zero attached hydrogens (tertiary/aromatic N) is 1. The number of rotatable bonds is 8. The molecule has 1 atom stereocenters. The minimum absolute atomic E-state index is 0.0373. The summed E-state index contributed by atoms with van der Waals surface area (Å²) in [6, 6.07) is 20.6. The number of fused-ring (bicyclic) bond motifs is 1. The second kappa shape index (κ2) is 13.1. The van der Waals surface area contributed by atoms with Crippen molar-refractivity contribution in [3.05, 3.63) is 133 Å². The van der Waals surface area contributed by atoms with Crippen LogP contribution in [0, 0.1) is 12.7 Å². The molecule has 0 spiro atoms. The molecule has 5 aromatic rings. The van der Waals surface area contributed by atoms with Gasteiger partial charge in [-0.1, -0.05) is 60.1 Å². The van der Waals surface area contributed by atoms with E-state index in [0.717, 1.165) is 17.2 Å². The first-order chi connectivity index (χ1) is 21.4. The van der Waals surface area contributed by atoms with Gasteiger partial charge in [-0.15, -0.1) is 0 Å². The highest BCUT2D eigenvalue weighted by molar-refractivity contribution is 9.10. The zero-order valence-electron chi connectivity index (χ0n) is 24.0. The predicted octanol–water partition coefficient (Wildman–Crippen LogP) is 7.04. The van der Waals surface area contributed by atoms with Gasteiger partial charge in [0.25, 0.3) is 5.91 Å². The molecule has 2 amide bonds. The topological polar surface area (TPSA) is 118 Å². The number of halogens is 3. The number of anilines is 1. The molecular formula is C34H26BrClFN3O5. The van der Waals surface area contributed by atoms with Crippen LogP contribution in [0.4, 0.5) is 10.1 Å². The highest BCUT2D eigenvalue weighted by Crippen LogP contribution is 2.31. The molecule has 1 aromatic heterocycles. The third-order valence-corrected chi connectivity index (χ3v) is 8.55. The van der Waals surface area contributed by atoms with E-state index in [0.29, 0.717) is 21.7 Å². The fraction of sp³-hybridized carbons (Fsp3) is 0.118. The van der Waals surface area contributed by atoms with E-state index in [4.69, 9.17) is 11.6 Å². The van der Waals surface area contributed by atoms with Crippen LogP contribution in [0.5, 0.6) is 0 Å². The van der Waals surface area contributed by atoms with Crippen LogP contribution in [0.3, 0.4) is 0 Å². The van der Waals surface area contributed by atoms with E-state index >= 15 is 0 Å². The molecule has 0 bridgehead atoms. The number of carbonyl (C=O) groups excluding carboxylic acids is 2. The highest BCUT2D eigenvalue weighted by atomic mass is 79.9. The fourth-order valence-corrected chi connectivity index (χ4v) is 5.66. The smallest absolute Gasteiger partial charge is 0.341 e. The van der Waals surface area contributed by atoms with Crippen molar-refractivity contribution in [2.75, 3.05) is 5.32 Å². The van der Waals surface area contributed by atoms with E-state index in [1.54, 1.807) is 47.0 Å². The molecular weight excluding hydrogens is 665 g/mol. The maximum atomic E-state index is 14.8. The van der Waals surface area contributed by atoms with Crippen LogP contribution < -0.4 is 16.1 Å². The molecule has 4 aromatic carbocycles. The van der Waals surface area contributed by atoms with Crippen LogP contribution in [0.25, 0.3) is 22.0 Å². The van der Waals surface area contributed by atoms with Crippen LogP contribution in [-0.2, 0) is 11.3 Å². The minimum Gasteiger partial charge on any atom is -0.477 e. The minimum atomic E-state index is -1.40. The van der Waals surface area contributed by atoms with Crippen molar-refractivity contribution in [2.24, 2.45) is 0 Å². The monoisotopic (exact) mass is 689 g/mol. The predicted molar refractivity (Wildman–Crippen MR) is 176 cm³/mol. The molecule has 0 radical (unpaired) electrons. The van der Waals surface area contributed by atoms with Gasteiger partial charge in [-0.05, 0) is 76.8 Å². The summed E-state index contributed by atoms with van der Waals surface area (Å²) >= 11 is 9.67. The van der Waals surface area contributed by atoms with Gasteiger partial charge in [0.1, 0.15) is 17.4 Å². The zero-order chi connectivity index (χ0) is 32.4. The lowest BCUT2D eigenvalue weighted by Gasteiger charge is -2.18. The number of aromatic carboxylic acids is 1. The quantitative estimate of drug-likeness (QED) is 0.162. The lowest BCUT2D eigenvalue weighted by Crippen LogP contribution is -2.41. The lowest BCUT2D eigenvalue weighted by molar-refractivity contribution is -0.117. The second-order valence-electron chi connectivity index (χ2n) is 10.5. The van der Waals surface area contributed by atoms with Crippen LogP contribution in [0.2, 0.25) is 5.02 Å². The number of carboxylic acid groups (broad SMARTS) is 1. The SMILES string of the molecule is Cc1ccc(Cn2cc(C(=O)O)c(=O)c3c(Br)c(NC(=O)[C@H](C)NC(=O)c4ccc(-c5ccccc5)c(F)c4)ccc32)cc1Cl. The van der Waals surface area contributed by atoms with E-state index in [2.05, 4.69) is 26.6 Å². The molecule has 1 heterocycles. The van der Waals surface area contributed by atoms with E-state index in [1.165, 1.54) is 25.3 Å². The Bertz CT molecular complexity index is 2050. The zero-order valence-corrected chi connectivity index (χ0v) is 26.4. The van der Waals surface area contributed by atoms with Crippen molar-refractivity contribution >= 4 is 61.9 Å². The molecule has 0 saturated carbocycles. The Morgan fingerprint density at radius 3 is 2.42 bits per heavy atom. The van der Waals surface area contributed by atoms with Gasteiger partial charge in [-0.25, -0.2) is 9.18 Å². The molecule has 0 saturated heterocycles. The van der Waals surface area contributed by atoms with Crippen molar-refractivity contribution in [2.45, 2.75) is 26.4 Å². The van der Waals surface area contributed by atoms with Crippen molar-refractivity contribution < 1.29 is 23.9 Å². The molecule has 0 unspecified atom stereocenters. The number of amides is 2. The maximum absolute atomic E-state index is 14.8. The number of carboxylic acids is 1. The summed E-state index contributed by atoms with van der Waals surface area (Å²) in [4.78, 5) is 51.2. The molecule has 0 aliphatic rings. The number of nitrogens with one attached hydrogen (secondary N) is 2. The van der Waals surface area contributed by atoms with Crippen molar-refractivity contribution in [3.63, 3.8) is 0 Å². The van der Waals surface area contributed by atoms with E-state index < -0.39 is 40.6 Å². The number of benzene rings is 4. The molecule has 45 heavy (non-hydrogen) atoms. The van der Waals surface area contributed by atoms with Crippen molar-refractivity contribution in [1.29, 1.82) is 0 Å². The first-order valence-corrected chi connectivity index (χ1v) is 14.9. The van der Waals surface area contributed by atoms with Gasteiger partial charge in [-0.3, -0.25) is 14.4 Å². The number of carbonyl (C=O) groups is 3. The molecule has 0 aliphatic heterocycles. The number of pyridine rings is 1. The van der Waals surface area contributed by atoms with Gasteiger partial charge in [0.2, 0.25) is 11.3 Å². The van der Waals surface area contributed by atoms with Crippen LogP contribution >= 0.6 is 27.5 Å². The average molecular weight is 691 g/mol. The number of hydrogen-bond donors (Lipinski definition) is 3. The number of aromatic nitrogens is 1. The third kappa shape index (κ3) is 6.67. The Balaban J connectivity index is 1.39. The van der Waals surface area contributed by atoms with Gasteiger partial charge in [0.15, 0.2) is 0 Å². The molecule has 228 valence electrons. The summed E-state index contributed by atoms with van der Waals surface area (Å²) in [6.07, 6.45) is 1.28. The number of hydrogen-bond acceptors (Lipinski definition) is 4. The Kier molecular flexibility index (Phi) is 9.17. The third-order valence-electron chi connectivity index (χ3n) is 7.32. The normalized spacial score (nSPS) is 11.7. The van der Waals surface area contributed by atoms with E-state index in [-0.39, 0.29) is 27.7 Å². The highest BCUT2D eigenvalue weighted by Gasteiger charge is 2.22. The summed E-state index contributed by atoms with van der Waals surface area (Å²) < 4.78 is 16.6. The Labute approximate surface area is 270 Å². The molecule has 5 rings (SSSR count). The van der Waals surface area contributed by atoms with Gasteiger partial charge in [-0.2, -0.15) is 0 Å². The maximum Gasteiger partial charge on any atom is 0.341 e. The van der Waals surface area contributed by atoms with Gasteiger partial charge >= 0.3 is 5.97 Å². The Morgan fingerprint density at radius 2 is 1.76 bits per heavy atom. The Morgan fingerprint density at radius 1 is 1.02 bits per heavy atom. The van der Waals surface area contributed by atoms with Crippen molar-refractivity contribution in [3.8, 4) is 11.1 Å². The van der Waals surface area contributed by atoms with Crippen LogP contribution in [-0.4, -0.2) is 33.5 Å². The summed E-state index contributed by atoms with van der Waals surface area (Å²) in [5.74, 6) is -3.25. The summed E-state index contributed by atoms with van der Waals surface area (Å²) in [5, 5.41) is 15.6. The van der Waals surface area contributed by atoms with Crippen LogP contribution in [0.15, 0.2) is 94.3 Å².